The van der Waals surface area contributed by atoms with E-state index >= 15 is 0 Å². The van der Waals surface area contributed by atoms with Gasteiger partial charge in [-0.1, -0.05) is 11.6 Å². The summed E-state index contributed by atoms with van der Waals surface area (Å²) in [6, 6.07) is 12.2. The Bertz CT molecular complexity index is 1220. The van der Waals surface area contributed by atoms with Crippen LogP contribution >= 0.6 is 11.6 Å². The fraction of sp³-hybridized carbons (Fsp3) is 0.105. The van der Waals surface area contributed by atoms with Gasteiger partial charge in [-0.3, -0.25) is 9.59 Å². The molecular weight excluding hydrogens is 430 g/mol. The van der Waals surface area contributed by atoms with Crippen LogP contribution in [0.5, 0.6) is 0 Å². The molecule has 156 valence electrons. The fourth-order valence-electron chi connectivity index (χ4n) is 2.54. The maximum absolute atomic E-state index is 12.6. The predicted octanol–water partition coefficient (Wildman–Crippen LogP) is 2.13. The first kappa shape index (κ1) is 21.5. The van der Waals surface area contributed by atoms with Crippen molar-refractivity contribution < 1.29 is 18.0 Å². The maximum atomic E-state index is 12.6. The van der Waals surface area contributed by atoms with Crippen molar-refractivity contribution in [1.82, 2.24) is 14.1 Å². The number of nitrogens with one attached hydrogen (secondary N) is 1. The number of nitrogens with two attached hydrogens (primary N) is 1. The van der Waals surface area contributed by atoms with Crippen LogP contribution in [0.2, 0.25) is 5.02 Å². The van der Waals surface area contributed by atoms with Crippen molar-refractivity contribution in [3.05, 3.63) is 71.0 Å². The van der Waals surface area contributed by atoms with Gasteiger partial charge in [-0.25, -0.2) is 17.4 Å². The van der Waals surface area contributed by atoms with Crippen molar-refractivity contribution in [2.24, 2.45) is 5.73 Å². The molecule has 11 heteroatoms. The van der Waals surface area contributed by atoms with Crippen LogP contribution in [-0.4, -0.2) is 48.4 Å². The van der Waals surface area contributed by atoms with Crippen molar-refractivity contribution in [3.8, 4) is 5.69 Å². The molecule has 0 fully saturated rings. The average Bonchev–Trinajstić information content (AvgIpc) is 3.19. The van der Waals surface area contributed by atoms with Crippen molar-refractivity contribution in [2.75, 3.05) is 19.4 Å². The molecule has 0 unspecified atom stereocenters. The van der Waals surface area contributed by atoms with E-state index in [-0.39, 0.29) is 21.2 Å². The minimum atomic E-state index is -3.80. The summed E-state index contributed by atoms with van der Waals surface area (Å²) in [4.78, 5) is 23.6. The smallest absolute Gasteiger partial charge is 0.269 e. The monoisotopic (exact) mass is 447 g/mol. The van der Waals surface area contributed by atoms with Crippen molar-refractivity contribution >= 4 is 39.1 Å². The van der Waals surface area contributed by atoms with Gasteiger partial charge >= 0.3 is 0 Å². The van der Waals surface area contributed by atoms with Crippen LogP contribution in [0.1, 0.15) is 20.8 Å². The summed E-state index contributed by atoms with van der Waals surface area (Å²) in [5.74, 6) is -1.12. The molecule has 0 radical (unpaired) electrons. The highest BCUT2D eigenvalue weighted by Crippen LogP contribution is 2.25. The quantitative estimate of drug-likeness (QED) is 0.598. The Morgan fingerprint density at radius 1 is 1.10 bits per heavy atom. The number of nitrogens with zero attached hydrogens (tertiary/aromatic N) is 3. The molecule has 9 nitrogen and oxygen atoms in total. The fourth-order valence-corrected chi connectivity index (χ4v) is 3.93. The van der Waals surface area contributed by atoms with Crippen LogP contribution in [0.3, 0.4) is 0 Å². The second kappa shape index (κ2) is 8.27. The lowest BCUT2D eigenvalue weighted by Gasteiger charge is -2.14. The third kappa shape index (κ3) is 4.35. The molecule has 0 saturated carbocycles. The van der Waals surface area contributed by atoms with E-state index in [1.54, 1.807) is 30.5 Å². The first-order chi connectivity index (χ1) is 14.1. The molecule has 0 aliphatic heterocycles. The number of carbonyl (C=O) groups is 2. The number of benzene rings is 2. The lowest BCUT2D eigenvalue weighted by Crippen LogP contribution is -2.23. The van der Waals surface area contributed by atoms with Gasteiger partial charge < -0.3 is 11.1 Å². The summed E-state index contributed by atoms with van der Waals surface area (Å²) in [5.41, 5.74) is 6.61. The van der Waals surface area contributed by atoms with E-state index < -0.39 is 21.8 Å². The van der Waals surface area contributed by atoms with Gasteiger partial charge in [0.25, 0.3) is 11.8 Å². The molecule has 0 bridgehead atoms. The molecule has 0 saturated heterocycles. The van der Waals surface area contributed by atoms with Gasteiger partial charge in [0.2, 0.25) is 10.0 Å². The highest BCUT2D eigenvalue weighted by atomic mass is 35.5. The number of hydrogen-bond donors (Lipinski definition) is 2. The Kier molecular flexibility index (Phi) is 5.92. The van der Waals surface area contributed by atoms with E-state index in [0.29, 0.717) is 11.4 Å². The van der Waals surface area contributed by atoms with Crippen LogP contribution in [0.25, 0.3) is 5.69 Å². The zero-order valence-corrected chi connectivity index (χ0v) is 17.6. The minimum absolute atomic E-state index is 0.0270. The maximum Gasteiger partial charge on any atom is 0.269 e. The predicted molar refractivity (Wildman–Crippen MR) is 112 cm³/mol. The number of amides is 2. The largest absolute Gasteiger partial charge is 0.364 e. The Morgan fingerprint density at radius 3 is 2.33 bits per heavy atom. The molecular formula is C19H18ClN5O4S. The molecule has 0 atom stereocenters. The SMILES string of the molecule is CN(C)S(=O)(=O)c1cc(C(=O)Nc2ccc(-n3ccc(C(N)=O)n3)cc2)ccc1Cl. The van der Waals surface area contributed by atoms with Gasteiger partial charge in [0.15, 0.2) is 0 Å². The zero-order valence-electron chi connectivity index (χ0n) is 16.0. The van der Waals surface area contributed by atoms with Gasteiger partial charge in [-0.05, 0) is 48.5 Å². The molecule has 3 rings (SSSR count). The summed E-state index contributed by atoms with van der Waals surface area (Å²) in [7, 11) is -1.04. The number of aromatic nitrogens is 2. The molecule has 0 aliphatic carbocycles. The van der Waals surface area contributed by atoms with Crippen molar-refractivity contribution in [2.45, 2.75) is 4.90 Å². The number of sulfonamides is 1. The highest BCUT2D eigenvalue weighted by molar-refractivity contribution is 7.89. The second-order valence-electron chi connectivity index (χ2n) is 6.44. The van der Waals surface area contributed by atoms with Crippen LogP contribution in [0, 0.1) is 0 Å². The van der Waals surface area contributed by atoms with Crippen molar-refractivity contribution in [1.29, 1.82) is 0 Å². The zero-order chi connectivity index (χ0) is 22.1. The van der Waals surface area contributed by atoms with E-state index in [1.807, 2.05) is 0 Å². The van der Waals surface area contributed by atoms with Gasteiger partial charge in [-0.2, -0.15) is 5.10 Å². The summed E-state index contributed by atoms with van der Waals surface area (Å²) in [6.07, 6.45) is 1.59. The molecule has 3 N–H and O–H groups in total. The molecule has 0 aliphatic rings. The van der Waals surface area contributed by atoms with Crippen molar-refractivity contribution in [3.63, 3.8) is 0 Å². The van der Waals surface area contributed by atoms with E-state index in [2.05, 4.69) is 10.4 Å². The molecule has 1 heterocycles. The van der Waals surface area contributed by atoms with Crippen LogP contribution in [-0.2, 0) is 10.0 Å². The number of hydrogen-bond acceptors (Lipinski definition) is 5. The van der Waals surface area contributed by atoms with E-state index in [9.17, 15) is 18.0 Å². The third-order valence-corrected chi connectivity index (χ3v) is 6.48. The van der Waals surface area contributed by atoms with E-state index in [4.69, 9.17) is 17.3 Å². The summed E-state index contributed by atoms with van der Waals surface area (Å²) < 4.78 is 27.2. The number of rotatable bonds is 6. The first-order valence-corrected chi connectivity index (χ1v) is 10.4. The Hall–Kier alpha value is -3.21. The van der Waals surface area contributed by atoms with Gasteiger partial charge in [0.1, 0.15) is 10.6 Å². The van der Waals surface area contributed by atoms with Crippen LogP contribution < -0.4 is 11.1 Å². The summed E-state index contributed by atoms with van der Waals surface area (Å²) in [6.45, 7) is 0. The summed E-state index contributed by atoms with van der Waals surface area (Å²) in [5, 5.41) is 6.78. The lowest BCUT2D eigenvalue weighted by molar-refractivity contribution is 0.0993. The standard InChI is InChI=1S/C19H18ClN5O4S/c1-24(2)30(28,29)17-11-12(3-8-15(17)20)19(27)22-13-4-6-14(7-5-13)25-10-9-16(23-25)18(21)26/h3-11H,1-2H3,(H2,21,26)(H,22,27). The Labute approximate surface area is 178 Å². The Balaban J connectivity index is 1.80. The average molecular weight is 448 g/mol. The van der Waals surface area contributed by atoms with E-state index in [0.717, 1.165) is 4.31 Å². The lowest BCUT2D eigenvalue weighted by atomic mass is 10.2. The molecule has 0 spiro atoms. The highest BCUT2D eigenvalue weighted by Gasteiger charge is 2.22. The van der Waals surface area contributed by atoms with Gasteiger partial charge in [0, 0.05) is 31.5 Å². The Morgan fingerprint density at radius 2 is 1.77 bits per heavy atom. The van der Waals surface area contributed by atoms with Gasteiger partial charge in [-0.15, -0.1) is 0 Å². The third-order valence-electron chi connectivity index (χ3n) is 4.18. The number of halogens is 1. The normalized spacial score (nSPS) is 11.5. The molecule has 30 heavy (non-hydrogen) atoms. The van der Waals surface area contributed by atoms with Gasteiger partial charge in [0.05, 0.1) is 10.7 Å². The van der Waals surface area contributed by atoms with Crippen LogP contribution in [0.4, 0.5) is 5.69 Å². The van der Waals surface area contributed by atoms with Crippen LogP contribution in [0.15, 0.2) is 59.6 Å². The molecule has 2 amide bonds. The summed E-state index contributed by atoms with van der Waals surface area (Å²) >= 11 is 6.01. The number of carbonyl (C=O) groups excluding carboxylic acids is 2. The number of anilines is 1. The second-order valence-corrected chi connectivity index (χ2v) is 8.97. The topological polar surface area (TPSA) is 127 Å². The molecule has 3 aromatic rings. The molecule has 2 aromatic carbocycles. The minimum Gasteiger partial charge on any atom is -0.364 e. The first-order valence-electron chi connectivity index (χ1n) is 8.59. The van der Waals surface area contributed by atoms with E-state index in [1.165, 1.54) is 43.0 Å². The molecule has 1 aromatic heterocycles. The number of primary amides is 1.